The van der Waals surface area contributed by atoms with Crippen LogP contribution in [0.2, 0.25) is 5.28 Å². The molecule has 0 N–H and O–H groups in total. The van der Waals surface area contributed by atoms with E-state index in [0.717, 1.165) is 0 Å². The number of hydrogen-bond donors (Lipinski definition) is 0. The zero-order valence-corrected chi connectivity index (χ0v) is 14.2. The van der Waals surface area contributed by atoms with Gasteiger partial charge < -0.3 is 14.2 Å². The van der Waals surface area contributed by atoms with Crippen LogP contribution in [0.25, 0.3) is 0 Å². The molecule has 8 heteroatoms. The summed E-state index contributed by atoms with van der Waals surface area (Å²) in [6.45, 7) is 6.95. The van der Waals surface area contributed by atoms with Crippen molar-refractivity contribution < 1.29 is 19.0 Å². The Hall–Kier alpha value is -1.60. The van der Waals surface area contributed by atoms with Gasteiger partial charge >= 0.3 is 6.09 Å². The third kappa shape index (κ3) is 3.21. The van der Waals surface area contributed by atoms with Gasteiger partial charge in [0.1, 0.15) is 12.2 Å². The molecule has 126 valence electrons. The molecule has 0 saturated carbocycles. The third-order valence-corrected chi connectivity index (χ3v) is 4.07. The number of aromatic nitrogens is 2. The van der Waals surface area contributed by atoms with Crippen molar-refractivity contribution >= 4 is 23.5 Å². The van der Waals surface area contributed by atoms with Crippen LogP contribution in [0.3, 0.4) is 0 Å². The number of nitrogens with zero attached hydrogens (tertiary/aromatic N) is 3. The van der Waals surface area contributed by atoms with Crippen molar-refractivity contribution in [2.45, 2.75) is 44.8 Å². The number of amides is 1. The fourth-order valence-corrected chi connectivity index (χ4v) is 2.94. The molecule has 0 radical (unpaired) electrons. The van der Waals surface area contributed by atoms with E-state index in [1.165, 1.54) is 6.20 Å². The highest BCUT2D eigenvalue weighted by atomic mass is 35.5. The molecule has 3 rings (SSSR count). The molecule has 0 atom stereocenters. The predicted molar refractivity (Wildman–Crippen MR) is 84.0 cm³/mol. The van der Waals surface area contributed by atoms with Crippen molar-refractivity contribution in [3.05, 3.63) is 11.5 Å². The van der Waals surface area contributed by atoms with E-state index in [2.05, 4.69) is 9.97 Å². The first-order chi connectivity index (χ1) is 10.8. The normalized spacial score (nSPS) is 19.9. The predicted octanol–water partition coefficient (Wildman–Crippen LogP) is 2.81. The Balaban J connectivity index is 2.04. The summed E-state index contributed by atoms with van der Waals surface area (Å²) in [7, 11) is 0. The van der Waals surface area contributed by atoms with Crippen LogP contribution in [-0.2, 0) is 9.47 Å². The molecule has 0 bridgehead atoms. The lowest BCUT2D eigenvalue weighted by atomic mass is 9.88. The van der Waals surface area contributed by atoms with E-state index in [4.69, 9.17) is 25.8 Å². The van der Waals surface area contributed by atoms with Crippen molar-refractivity contribution in [1.82, 2.24) is 9.97 Å². The SMILES string of the molecule is CC(C)(C)OC(=O)N1c2nc(Cl)ncc2OCC12CCOCC2. The number of carbonyl (C=O) groups excluding carboxylic acids is 1. The Morgan fingerprint density at radius 3 is 2.74 bits per heavy atom. The van der Waals surface area contributed by atoms with E-state index >= 15 is 0 Å². The van der Waals surface area contributed by atoms with E-state index < -0.39 is 17.2 Å². The second kappa shape index (κ2) is 5.79. The Morgan fingerprint density at radius 2 is 2.09 bits per heavy atom. The second-order valence-corrected chi connectivity index (χ2v) is 7.11. The van der Waals surface area contributed by atoms with E-state index in [0.29, 0.717) is 44.2 Å². The van der Waals surface area contributed by atoms with Gasteiger partial charge in [-0.15, -0.1) is 0 Å². The van der Waals surface area contributed by atoms with Crippen molar-refractivity contribution in [2.24, 2.45) is 0 Å². The van der Waals surface area contributed by atoms with Crippen LogP contribution in [0.15, 0.2) is 6.20 Å². The number of fused-ring (bicyclic) bond motifs is 1. The minimum atomic E-state index is -0.612. The first kappa shape index (κ1) is 16.3. The Morgan fingerprint density at radius 1 is 1.39 bits per heavy atom. The summed E-state index contributed by atoms with van der Waals surface area (Å²) in [5, 5.41) is 0.0602. The molecule has 23 heavy (non-hydrogen) atoms. The molecule has 1 spiro atoms. The summed E-state index contributed by atoms with van der Waals surface area (Å²) in [6.07, 6.45) is 2.31. The topological polar surface area (TPSA) is 73.8 Å². The lowest BCUT2D eigenvalue weighted by Crippen LogP contribution is -2.61. The van der Waals surface area contributed by atoms with Crippen LogP contribution >= 0.6 is 11.6 Å². The molecule has 3 heterocycles. The molecule has 7 nitrogen and oxygen atoms in total. The van der Waals surface area contributed by atoms with Gasteiger partial charge in [-0.3, -0.25) is 0 Å². The summed E-state index contributed by atoms with van der Waals surface area (Å²) < 4.78 is 16.8. The first-order valence-corrected chi connectivity index (χ1v) is 7.95. The van der Waals surface area contributed by atoms with Gasteiger partial charge in [0, 0.05) is 13.2 Å². The zero-order chi connectivity index (χ0) is 16.7. The molecule has 1 amide bonds. The van der Waals surface area contributed by atoms with Crippen LogP contribution < -0.4 is 9.64 Å². The summed E-state index contributed by atoms with van der Waals surface area (Å²) in [4.78, 5) is 22.6. The lowest BCUT2D eigenvalue weighted by molar-refractivity contribution is 0.0114. The van der Waals surface area contributed by atoms with Gasteiger partial charge in [0.05, 0.1) is 11.7 Å². The van der Waals surface area contributed by atoms with Gasteiger partial charge in [0.25, 0.3) is 0 Å². The second-order valence-electron chi connectivity index (χ2n) is 6.77. The largest absolute Gasteiger partial charge is 0.486 e. The monoisotopic (exact) mass is 341 g/mol. The van der Waals surface area contributed by atoms with Crippen molar-refractivity contribution in [3.63, 3.8) is 0 Å². The van der Waals surface area contributed by atoms with Crippen molar-refractivity contribution in [1.29, 1.82) is 0 Å². The van der Waals surface area contributed by atoms with Gasteiger partial charge in [-0.2, -0.15) is 4.98 Å². The molecule has 1 saturated heterocycles. The lowest BCUT2D eigenvalue weighted by Gasteiger charge is -2.47. The van der Waals surface area contributed by atoms with Gasteiger partial charge in [-0.25, -0.2) is 14.7 Å². The molecule has 1 aromatic rings. The zero-order valence-electron chi connectivity index (χ0n) is 13.5. The summed E-state index contributed by atoms with van der Waals surface area (Å²) in [5.74, 6) is 0.782. The number of carbonyl (C=O) groups is 1. The highest BCUT2D eigenvalue weighted by molar-refractivity contribution is 6.28. The molecule has 0 aliphatic carbocycles. The maximum Gasteiger partial charge on any atom is 0.416 e. The van der Waals surface area contributed by atoms with Gasteiger partial charge in [0.15, 0.2) is 11.6 Å². The number of hydrogen-bond acceptors (Lipinski definition) is 6. The molecule has 1 fully saturated rings. The third-order valence-electron chi connectivity index (χ3n) is 3.89. The fraction of sp³-hybridized carbons (Fsp3) is 0.667. The van der Waals surface area contributed by atoms with Crippen LogP contribution in [0, 0.1) is 0 Å². The van der Waals surface area contributed by atoms with Crippen LogP contribution in [0.4, 0.5) is 10.6 Å². The number of ether oxygens (including phenoxy) is 3. The molecule has 0 aromatic carbocycles. The minimum Gasteiger partial charge on any atom is -0.486 e. The first-order valence-electron chi connectivity index (χ1n) is 7.57. The Bertz CT molecular complexity index is 611. The maximum atomic E-state index is 12.9. The Labute approximate surface area is 139 Å². The molecular formula is C15H20ClN3O4. The van der Waals surface area contributed by atoms with Crippen molar-refractivity contribution in [2.75, 3.05) is 24.7 Å². The van der Waals surface area contributed by atoms with Crippen LogP contribution in [0.5, 0.6) is 5.75 Å². The maximum absolute atomic E-state index is 12.9. The molecule has 2 aliphatic rings. The minimum absolute atomic E-state index is 0.0602. The Kier molecular flexibility index (Phi) is 4.10. The number of anilines is 1. The highest BCUT2D eigenvalue weighted by Gasteiger charge is 2.49. The van der Waals surface area contributed by atoms with Crippen molar-refractivity contribution in [3.8, 4) is 5.75 Å². The van der Waals surface area contributed by atoms with Crippen LogP contribution in [-0.4, -0.2) is 47.0 Å². The fourth-order valence-electron chi connectivity index (χ4n) is 2.81. The smallest absolute Gasteiger partial charge is 0.416 e. The molecular weight excluding hydrogens is 322 g/mol. The van der Waals surface area contributed by atoms with E-state index in [9.17, 15) is 4.79 Å². The van der Waals surface area contributed by atoms with E-state index in [1.807, 2.05) is 20.8 Å². The van der Waals surface area contributed by atoms with E-state index in [-0.39, 0.29) is 5.28 Å². The summed E-state index contributed by atoms with van der Waals surface area (Å²) in [6, 6.07) is 0. The average Bonchev–Trinajstić information content (AvgIpc) is 2.45. The average molecular weight is 342 g/mol. The molecule has 2 aliphatic heterocycles. The molecule has 1 aromatic heterocycles. The molecule has 0 unspecified atom stereocenters. The van der Waals surface area contributed by atoms with Gasteiger partial charge in [0.2, 0.25) is 5.28 Å². The summed E-state index contributed by atoms with van der Waals surface area (Å²) in [5.41, 5.74) is -1.15. The number of rotatable bonds is 0. The quantitative estimate of drug-likeness (QED) is 0.675. The summed E-state index contributed by atoms with van der Waals surface area (Å²) >= 11 is 5.93. The standard InChI is InChI=1S/C15H20ClN3O4/c1-14(2,3)23-13(20)19-11-10(8-17-12(16)18-11)22-9-15(19)4-6-21-7-5-15/h8H,4-7,9H2,1-3H3. The van der Waals surface area contributed by atoms with Crippen LogP contribution in [0.1, 0.15) is 33.6 Å². The van der Waals surface area contributed by atoms with Gasteiger partial charge in [-0.1, -0.05) is 0 Å². The van der Waals surface area contributed by atoms with E-state index in [1.54, 1.807) is 4.90 Å². The van der Waals surface area contributed by atoms with Gasteiger partial charge in [-0.05, 0) is 45.2 Å². The highest BCUT2D eigenvalue weighted by Crippen LogP contribution is 2.42. The number of halogens is 1.